The first-order chi connectivity index (χ1) is 15.4. The number of anilines is 3. The number of hydrogen-bond acceptors (Lipinski definition) is 9. The first kappa shape index (κ1) is 22.1. The van der Waals surface area contributed by atoms with Crippen molar-refractivity contribution in [2.45, 2.75) is 5.79 Å². The van der Waals surface area contributed by atoms with Crippen molar-refractivity contribution in [2.24, 2.45) is 10.7 Å². The largest absolute Gasteiger partial charge is 0.496 e. The zero-order chi connectivity index (χ0) is 22.7. The van der Waals surface area contributed by atoms with Gasteiger partial charge < -0.3 is 35.5 Å². The summed E-state index contributed by atoms with van der Waals surface area (Å²) in [7, 11) is 3.19. The molecule has 2 aliphatic rings. The second-order valence-electron chi connectivity index (χ2n) is 7.44. The van der Waals surface area contributed by atoms with E-state index in [-0.39, 0.29) is 0 Å². The Hall–Kier alpha value is -3.14. The molecule has 2 heterocycles. The third-order valence-corrected chi connectivity index (χ3v) is 5.68. The van der Waals surface area contributed by atoms with Crippen LogP contribution in [0.3, 0.4) is 0 Å². The Kier molecular flexibility index (Phi) is 6.31. The van der Waals surface area contributed by atoms with Crippen molar-refractivity contribution in [3.63, 3.8) is 0 Å². The zero-order valence-corrected chi connectivity index (χ0v) is 18.8. The first-order valence-electron chi connectivity index (χ1n) is 10.2. The van der Waals surface area contributed by atoms with Crippen LogP contribution in [0.15, 0.2) is 52.2 Å². The standard InChI is InChI=1S/C22H27ClN6O3/c1-30-19-6-3-14(24)11-16(19)22(25)26-13-17(23)21(28-22)27-18-5-4-15(12-20(18)31-2)29-7-9-32-10-8-29/h3-6,11-13,27-28H,7-10,24-25H2,1-2H3. The predicted molar refractivity (Wildman–Crippen MR) is 127 cm³/mol. The van der Waals surface area contributed by atoms with E-state index in [1.807, 2.05) is 18.2 Å². The summed E-state index contributed by atoms with van der Waals surface area (Å²) in [5.41, 5.74) is 15.5. The molecule has 9 nitrogen and oxygen atoms in total. The number of allylic oxidation sites excluding steroid dienone is 1. The SMILES string of the molecule is COc1cc(N2CCOCC2)ccc1NC1=C(Cl)C=NC(N)(c2cc(N)ccc2OC)N1. The molecule has 1 unspecified atom stereocenters. The van der Waals surface area contributed by atoms with Gasteiger partial charge in [-0.2, -0.15) is 0 Å². The van der Waals surface area contributed by atoms with Gasteiger partial charge in [0.25, 0.3) is 0 Å². The fourth-order valence-corrected chi connectivity index (χ4v) is 3.84. The van der Waals surface area contributed by atoms with Gasteiger partial charge in [0, 0.05) is 36.7 Å². The Labute approximate surface area is 192 Å². The van der Waals surface area contributed by atoms with Crippen LogP contribution in [0.5, 0.6) is 11.5 Å². The highest BCUT2D eigenvalue weighted by Crippen LogP contribution is 2.35. The maximum Gasteiger partial charge on any atom is 0.214 e. The second kappa shape index (κ2) is 9.15. The van der Waals surface area contributed by atoms with Crippen LogP contribution in [0.25, 0.3) is 0 Å². The van der Waals surface area contributed by atoms with Gasteiger partial charge in [0.05, 0.1) is 43.7 Å². The quantitative estimate of drug-likeness (QED) is 0.487. The monoisotopic (exact) mass is 458 g/mol. The van der Waals surface area contributed by atoms with Crippen molar-refractivity contribution >= 4 is 34.9 Å². The topological polar surface area (TPSA) is 119 Å². The maximum absolute atomic E-state index is 6.60. The predicted octanol–water partition coefficient (Wildman–Crippen LogP) is 2.39. The van der Waals surface area contributed by atoms with Gasteiger partial charge in [-0.1, -0.05) is 11.6 Å². The van der Waals surface area contributed by atoms with E-state index >= 15 is 0 Å². The lowest BCUT2D eigenvalue weighted by Crippen LogP contribution is -2.51. The van der Waals surface area contributed by atoms with Crippen molar-refractivity contribution in [3.8, 4) is 11.5 Å². The third-order valence-electron chi connectivity index (χ3n) is 5.39. The number of methoxy groups -OCH3 is 2. The summed E-state index contributed by atoms with van der Waals surface area (Å²) >= 11 is 6.43. The van der Waals surface area contributed by atoms with Crippen molar-refractivity contribution in [3.05, 3.63) is 52.8 Å². The van der Waals surface area contributed by atoms with Gasteiger partial charge in [0.15, 0.2) is 0 Å². The molecular formula is C22H27ClN6O3. The van der Waals surface area contributed by atoms with Gasteiger partial charge in [0.1, 0.15) is 17.3 Å². The number of aliphatic imine (C=N–C) groups is 1. The number of benzene rings is 2. The number of nitrogens with zero attached hydrogens (tertiary/aromatic N) is 2. The van der Waals surface area contributed by atoms with Gasteiger partial charge in [-0.05, 0) is 30.3 Å². The minimum absolute atomic E-state index is 0.369. The Morgan fingerprint density at radius 2 is 1.88 bits per heavy atom. The van der Waals surface area contributed by atoms with Crippen LogP contribution in [0.2, 0.25) is 0 Å². The van der Waals surface area contributed by atoms with Crippen LogP contribution in [0.1, 0.15) is 5.56 Å². The molecule has 4 rings (SSSR count). The molecule has 2 aromatic rings. The summed E-state index contributed by atoms with van der Waals surface area (Å²) in [4.78, 5) is 6.65. The van der Waals surface area contributed by atoms with E-state index < -0.39 is 5.79 Å². The van der Waals surface area contributed by atoms with E-state index in [0.717, 1.165) is 24.5 Å². The van der Waals surface area contributed by atoms with E-state index in [2.05, 4.69) is 20.5 Å². The van der Waals surface area contributed by atoms with E-state index in [1.54, 1.807) is 32.4 Å². The van der Waals surface area contributed by atoms with Crippen LogP contribution in [-0.4, -0.2) is 46.7 Å². The van der Waals surface area contributed by atoms with E-state index in [4.69, 9.17) is 37.3 Å². The van der Waals surface area contributed by atoms with Gasteiger partial charge in [0.2, 0.25) is 5.79 Å². The molecule has 0 amide bonds. The fraction of sp³-hybridized carbons (Fsp3) is 0.318. The first-order valence-corrected chi connectivity index (χ1v) is 10.5. The molecule has 0 bridgehead atoms. The molecule has 6 N–H and O–H groups in total. The number of hydrogen-bond donors (Lipinski definition) is 4. The number of nitrogen functional groups attached to an aromatic ring is 1. The highest BCUT2D eigenvalue weighted by atomic mass is 35.5. The normalized spacial score (nSPS) is 20.7. The lowest BCUT2D eigenvalue weighted by molar-refractivity contribution is 0.122. The van der Waals surface area contributed by atoms with Crippen LogP contribution in [0.4, 0.5) is 17.1 Å². The fourth-order valence-electron chi connectivity index (χ4n) is 3.69. The summed E-state index contributed by atoms with van der Waals surface area (Å²) in [6.45, 7) is 3.09. The molecule has 1 atom stereocenters. The Morgan fingerprint density at radius 3 is 2.59 bits per heavy atom. The summed E-state index contributed by atoms with van der Waals surface area (Å²) in [6, 6.07) is 11.1. The number of rotatable bonds is 6. The van der Waals surface area contributed by atoms with Crippen LogP contribution < -0.4 is 36.5 Å². The van der Waals surface area contributed by atoms with Crippen LogP contribution >= 0.6 is 11.6 Å². The smallest absolute Gasteiger partial charge is 0.214 e. The molecule has 0 radical (unpaired) electrons. The van der Waals surface area contributed by atoms with Crippen molar-refractivity contribution < 1.29 is 14.2 Å². The summed E-state index contributed by atoms with van der Waals surface area (Å²) in [5.74, 6) is 0.365. The lowest BCUT2D eigenvalue weighted by Gasteiger charge is -2.34. The number of morpholine rings is 1. The van der Waals surface area contributed by atoms with Crippen molar-refractivity contribution in [2.75, 3.05) is 56.5 Å². The highest BCUT2D eigenvalue weighted by Gasteiger charge is 2.34. The minimum Gasteiger partial charge on any atom is -0.496 e. The van der Waals surface area contributed by atoms with Gasteiger partial charge in [-0.15, -0.1) is 0 Å². The highest BCUT2D eigenvalue weighted by molar-refractivity contribution is 6.40. The Morgan fingerprint density at radius 1 is 1.12 bits per heavy atom. The molecule has 1 fully saturated rings. The summed E-state index contributed by atoms with van der Waals surface area (Å²) in [6.07, 6.45) is 1.50. The minimum atomic E-state index is -1.33. The number of nitrogens with two attached hydrogens (primary N) is 2. The number of nitrogens with one attached hydrogen (secondary N) is 2. The number of halogens is 1. The average Bonchev–Trinajstić information content (AvgIpc) is 2.82. The van der Waals surface area contributed by atoms with Crippen molar-refractivity contribution in [1.82, 2.24) is 5.32 Å². The molecule has 0 saturated carbocycles. The van der Waals surface area contributed by atoms with Crippen molar-refractivity contribution in [1.29, 1.82) is 0 Å². The zero-order valence-electron chi connectivity index (χ0n) is 18.0. The molecule has 2 aromatic carbocycles. The third kappa shape index (κ3) is 4.40. The maximum atomic E-state index is 6.60. The molecule has 2 aliphatic heterocycles. The number of ether oxygens (including phenoxy) is 3. The second-order valence-corrected chi connectivity index (χ2v) is 7.85. The van der Waals surface area contributed by atoms with E-state index in [9.17, 15) is 0 Å². The Bertz CT molecular complexity index is 1050. The van der Waals surface area contributed by atoms with E-state index in [1.165, 1.54) is 6.21 Å². The van der Waals surface area contributed by atoms with Crippen LogP contribution in [0, 0.1) is 0 Å². The molecular weight excluding hydrogens is 432 g/mol. The van der Waals surface area contributed by atoms with Crippen LogP contribution in [-0.2, 0) is 10.5 Å². The lowest BCUT2D eigenvalue weighted by atomic mass is 10.1. The molecule has 0 aliphatic carbocycles. The van der Waals surface area contributed by atoms with Gasteiger partial charge >= 0.3 is 0 Å². The van der Waals surface area contributed by atoms with Gasteiger partial charge in [-0.3, -0.25) is 5.73 Å². The summed E-state index contributed by atoms with van der Waals surface area (Å²) in [5, 5.41) is 6.83. The Balaban J connectivity index is 1.60. The molecule has 0 aromatic heterocycles. The van der Waals surface area contributed by atoms with E-state index in [0.29, 0.717) is 46.8 Å². The molecule has 32 heavy (non-hydrogen) atoms. The molecule has 1 saturated heterocycles. The summed E-state index contributed by atoms with van der Waals surface area (Å²) < 4.78 is 16.5. The van der Waals surface area contributed by atoms with Gasteiger partial charge in [-0.25, -0.2) is 4.99 Å². The molecule has 0 spiro atoms. The molecule has 10 heteroatoms. The average molecular weight is 459 g/mol. The molecule has 170 valence electrons.